The molecule has 2 heteroatoms. The predicted octanol–water partition coefficient (Wildman–Crippen LogP) is 3.55. The number of nitrogens with two attached hydrogens (primary N) is 1. The van der Waals surface area contributed by atoms with Crippen LogP contribution in [0.5, 0.6) is 0 Å². The third kappa shape index (κ3) is 2.16. The molecule has 1 nitrogen and oxygen atoms in total. The lowest BCUT2D eigenvalue weighted by Gasteiger charge is -2.05. The molecule has 1 saturated carbocycles. The quantitative estimate of drug-likeness (QED) is 0.873. The summed E-state index contributed by atoms with van der Waals surface area (Å²) < 4.78 is 12.9. The number of benzene rings is 2. The van der Waals surface area contributed by atoms with E-state index in [0.29, 0.717) is 11.8 Å². The minimum atomic E-state index is -0.194. The Morgan fingerprint density at radius 3 is 2.50 bits per heavy atom. The smallest absolute Gasteiger partial charge is 0.123 e. The highest BCUT2D eigenvalue weighted by Crippen LogP contribution is 2.47. The van der Waals surface area contributed by atoms with Gasteiger partial charge in [0.15, 0.2) is 0 Å². The number of hydrogen-bond acceptors (Lipinski definition) is 1. The minimum absolute atomic E-state index is 0.194. The van der Waals surface area contributed by atoms with Crippen LogP contribution in [0.25, 0.3) is 11.1 Å². The van der Waals surface area contributed by atoms with Crippen LogP contribution >= 0.6 is 0 Å². The van der Waals surface area contributed by atoms with Crippen LogP contribution in [0.1, 0.15) is 17.9 Å². The summed E-state index contributed by atoms with van der Waals surface area (Å²) in [5.41, 5.74) is 9.25. The predicted molar refractivity (Wildman–Crippen MR) is 71.7 cm³/mol. The van der Waals surface area contributed by atoms with Gasteiger partial charge in [-0.15, -0.1) is 0 Å². The van der Waals surface area contributed by atoms with Gasteiger partial charge in [-0.05, 0) is 53.6 Å². The van der Waals surface area contributed by atoms with E-state index in [1.54, 1.807) is 0 Å². The summed E-state index contributed by atoms with van der Waals surface area (Å²) in [5.74, 6) is 1.07. The first kappa shape index (κ1) is 11.4. The molecule has 2 atom stereocenters. The second kappa shape index (κ2) is 4.54. The molecule has 0 saturated heterocycles. The van der Waals surface area contributed by atoms with Crippen molar-refractivity contribution in [3.8, 4) is 11.1 Å². The van der Waals surface area contributed by atoms with E-state index in [0.717, 1.165) is 17.7 Å². The van der Waals surface area contributed by atoms with Crippen molar-refractivity contribution in [1.82, 2.24) is 0 Å². The summed E-state index contributed by atoms with van der Waals surface area (Å²) in [5, 5.41) is 0. The molecule has 0 heterocycles. The van der Waals surface area contributed by atoms with E-state index in [2.05, 4.69) is 24.3 Å². The lowest BCUT2D eigenvalue weighted by Crippen LogP contribution is -2.01. The Labute approximate surface area is 106 Å². The van der Waals surface area contributed by atoms with E-state index >= 15 is 0 Å². The van der Waals surface area contributed by atoms with Crippen molar-refractivity contribution >= 4 is 0 Å². The lowest BCUT2D eigenvalue weighted by molar-refractivity contribution is 0.628. The molecule has 2 aromatic rings. The zero-order valence-electron chi connectivity index (χ0n) is 10.1. The second-order valence-corrected chi connectivity index (χ2v) is 4.97. The first-order valence-corrected chi connectivity index (χ1v) is 6.34. The van der Waals surface area contributed by atoms with Crippen LogP contribution in [0, 0.1) is 11.7 Å². The molecule has 1 aliphatic carbocycles. The highest BCUT2D eigenvalue weighted by Gasteiger charge is 2.36. The Bertz CT molecular complexity index is 547. The van der Waals surface area contributed by atoms with Gasteiger partial charge in [-0.3, -0.25) is 0 Å². The van der Waals surface area contributed by atoms with Crippen molar-refractivity contribution in [2.75, 3.05) is 6.54 Å². The molecule has 2 N–H and O–H groups in total. The molecule has 3 rings (SSSR count). The van der Waals surface area contributed by atoms with Gasteiger partial charge in [0.2, 0.25) is 0 Å². The van der Waals surface area contributed by atoms with Crippen LogP contribution < -0.4 is 5.73 Å². The van der Waals surface area contributed by atoms with Gasteiger partial charge in [0.1, 0.15) is 5.82 Å². The minimum Gasteiger partial charge on any atom is -0.330 e. The van der Waals surface area contributed by atoms with E-state index < -0.39 is 0 Å². The van der Waals surface area contributed by atoms with Gasteiger partial charge >= 0.3 is 0 Å². The van der Waals surface area contributed by atoms with Gasteiger partial charge in [0.25, 0.3) is 0 Å². The highest BCUT2D eigenvalue weighted by atomic mass is 19.1. The largest absolute Gasteiger partial charge is 0.330 e. The van der Waals surface area contributed by atoms with Gasteiger partial charge in [-0.1, -0.05) is 36.4 Å². The average molecular weight is 241 g/mol. The van der Waals surface area contributed by atoms with Gasteiger partial charge in [0.05, 0.1) is 0 Å². The Balaban J connectivity index is 1.89. The Morgan fingerprint density at radius 1 is 1.06 bits per heavy atom. The molecular formula is C16H16FN. The molecule has 92 valence electrons. The molecule has 0 aliphatic heterocycles. The summed E-state index contributed by atoms with van der Waals surface area (Å²) in [4.78, 5) is 0. The number of hydrogen-bond donors (Lipinski definition) is 1. The molecule has 18 heavy (non-hydrogen) atoms. The molecule has 0 aromatic heterocycles. The molecule has 0 radical (unpaired) electrons. The maximum Gasteiger partial charge on any atom is 0.123 e. The van der Waals surface area contributed by atoms with Crippen LogP contribution in [0.2, 0.25) is 0 Å². The SMILES string of the molecule is NC[C@H]1C[C@@H]1c1cccc(-c2ccc(F)cc2)c1. The van der Waals surface area contributed by atoms with Crippen LogP contribution in [0.4, 0.5) is 4.39 Å². The summed E-state index contributed by atoms with van der Waals surface area (Å²) in [7, 11) is 0. The molecule has 1 aliphatic rings. The fourth-order valence-corrected chi connectivity index (χ4v) is 2.51. The fraction of sp³-hybridized carbons (Fsp3) is 0.250. The van der Waals surface area contributed by atoms with Gasteiger partial charge in [-0.2, -0.15) is 0 Å². The van der Waals surface area contributed by atoms with Crippen LogP contribution in [0.3, 0.4) is 0 Å². The van der Waals surface area contributed by atoms with Crippen molar-refractivity contribution in [2.45, 2.75) is 12.3 Å². The molecular weight excluding hydrogens is 225 g/mol. The van der Waals surface area contributed by atoms with Gasteiger partial charge in [-0.25, -0.2) is 4.39 Å². The molecule has 0 amide bonds. The summed E-state index contributed by atoms with van der Waals surface area (Å²) in [6.45, 7) is 0.769. The maximum absolute atomic E-state index is 12.9. The molecule has 2 aromatic carbocycles. The molecule has 0 unspecified atom stereocenters. The molecule has 0 spiro atoms. The normalized spacial score (nSPS) is 21.9. The first-order chi connectivity index (χ1) is 8.78. The Hall–Kier alpha value is -1.67. The van der Waals surface area contributed by atoms with Crippen molar-refractivity contribution in [2.24, 2.45) is 11.7 Å². The number of halogens is 1. The second-order valence-electron chi connectivity index (χ2n) is 4.97. The third-order valence-corrected chi connectivity index (χ3v) is 3.72. The zero-order chi connectivity index (χ0) is 12.5. The standard InChI is InChI=1S/C16H16FN/c17-15-6-4-11(5-7-15)12-2-1-3-13(8-12)16-9-14(16)10-18/h1-8,14,16H,9-10,18H2/t14-,16-/m1/s1. The van der Waals surface area contributed by atoms with E-state index in [1.165, 1.54) is 24.1 Å². The molecule has 0 bridgehead atoms. The fourth-order valence-electron chi connectivity index (χ4n) is 2.51. The Kier molecular flexibility index (Phi) is 2.88. The maximum atomic E-state index is 12.9. The van der Waals surface area contributed by atoms with Crippen molar-refractivity contribution in [3.05, 3.63) is 59.9 Å². The van der Waals surface area contributed by atoms with Crippen LogP contribution in [0.15, 0.2) is 48.5 Å². The topological polar surface area (TPSA) is 26.0 Å². The van der Waals surface area contributed by atoms with Crippen molar-refractivity contribution in [1.29, 1.82) is 0 Å². The zero-order valence-corrected chi connectivity index (χ0v) is 10.1. The van der Waals surface area contributed by atoms with E-state index in [4.69, 9.17) is 5.73 Å². The number of rotatable bonds is 3. The van der Waals surface area contributed by atoms with E-state index in [9.17, 15) is 4.39 Å². The van der Waals surface area contributed by atoms with Gasteiger partial charge in [0, 0.05) is 0 Å². The monoisotopic (exact) mass is 241 g/mol. The van der Waals surface area contributed by atoms with Crippen molar-refractivity contribution < 1.29 is 4.39 Å². The third-order valence-electron chi connectivity index (χ3n) is 3.72. The average Bonchev–Trinajstić information content (AvgIpc) is 3.19. The summed E-state index contributed by atoms with van der Waals surface area (Å²) >= 11 is 0. The Morgan fingerprint density at radius 2 is 1.83 bits per heavy atom. The van der Waals surface area contributed by atoms with E-state index in [1.807, 2.05) is 12.1 Å². The van der Waals surface area contributed by atoms with Gasteiger partial charge < -0.3 is 5.73 Å². The van der Waals surface area contributed by atoms with Crippen molar-refractivity contribution in [3.63, 3.8) is 0 Å². The highest BCUT2D eigenvalue weighted by molar-refractivity contribution is 5.64. The summed E-state index contributed by atoms with van der Waals surface area (Å²) in [6, 6.07) is 15.1. The summed E-state index contributed by atoms with van der Waals surface area (Å²) in [6.07, 6.45) is 1.20. The lowest BCUT2D eigenvalue weighted by atomic mass is 10.0. The first-order valence-electron chi connectivity index (χ1n) is 6.34. The van der Waals surface area contributed by atoms with Crippen LogP contribution in [-0.2, 0) is 0 Å². The van der Waals surface area contributed by atoms with E-state index in [-0.39, 0.29) is 5.82 Å². The van der Waals surface area contributed by atoms with Crippen LogP contribution in [-0.4, -0.2) is 6.54 Å². The molecule has 1 fully saturated rings.